The molecule has 0 aliphatic heterocycles. The lowest BCUT2D eigenvalue weighted by atomic mass is 9.92. The quantitative estimate of drug-likeness (QED) is 0.703. The van der Waals surface area contributed by atoms with Gasteiger partial charge in [-0.05, 0) is 31.0 Å². The first-order chi connectivity index (χ1) is 9.11. The predicted octanol–water partition coefficient (Wildman–Crippen LogP) is 4.84. The minimum Gasteiger partial charge on any atom is -0.207 e. The molecule has 0 spiro atoms. The Labute approximate surface area is 117 Å². The molecular weight excluding hydrogens is 266 g/mol. The van der Waals surface area contributed by atoms with Gasteiger partial charge in [0.2, 0.25) is 0 Å². The van der Waals surface area contributed by atoms with Crippen molar-refractivity contribution in [2.24, 2.45) is 0 Å². The van der Waals surface area contributed by atoms with Crippen molar-refractivity contribution in [3.63, 3.8) is 0 Å². The third-order valence-electron chi connectivity index (χ3n) is 3.21. The maximum atomic E-state index is 13.7. The Morgan fingerprint density at radius 1 is 1.05 bits per heavy atom. The van der Waals surface area contributed by atoms with Gasteiger partial charge in [0, 0.05) is 17.4 Å². The fraction of sp³-hybridized carbons (Fsp3) is 0.250. The second-order valence-corrected chi connectivity index (χ2v) is 4.98. The fourth-order valence-corrected chi connectivity index (χ4v) is 2.45. The van der Waals surface area contributed by atoms with Gasteiger partial charge in [-0.25, -0.2) is 8.78 Å². The summed E-state index contributed by atoms with van der Waals surface area (Å²) >= 11 is 5.96. The Hall–Kier alpha value is -1.41. The Morgan fingerprint density at radius 3 is 2.26 bits per heavy atom. The Balaban J connectivity index is 2.29. The van der Waals surface area contributed by atoms with Crippen LogP contribution < -0.4 is 0 Å². The van der Waals surface area contributed by atoms with Crippen LogP contribution in [0.25, 0.3) is 0 Å². The van der Waals surface area contributed by atoms with Gasteiger partial charge in [0.25, 0.3) is 0 Å². The molecule has 100 valence electrons. The zero-order chi connectivity index (χ0) is 13.8. The number of benzene rings is 2. The molecule has 0 nitrogen and oxygen atoms in total. The summed E-state index contributed by atoms with van der Waals surface area (Å²) in [5.74, 6) is -0.782. The predicted molar refractivity (Wildman–Crippen MR) is 74.7 cm³/mol. The molecule has 0 fully saturated rings. The van der Waals surface area contributed by atoms with Crippen LogP contribution in [0.4, 0.5) is 8.78 Å². The molecule has 2 aromatic carbocycles. The van der Waals surface area contributed by atoms with Crippen molar-refractivity contribution < 1.29 is 8.78 Å². The highest BCUT2D eigenvalue weighted by molar-refractivity contribution is 6.18. The van der Waals surface area contributed by atoms with Crippen molar-refractivity contribution in [1.82, 2.24) is 0 Å². The lowest BCUT2D eigenvalue weighted by molar-refractivity contribution is 0.544. The summed E-state index contributed by atoms with van der Waals surface area (Å²) in [5, 5.41) is 0. The molecule has 0 radical (unpaired) electrons. The Bertz CT molecular complexity index is 546. The van der Waals surface area contributed by atoms with Gasteiger partial charge in [-0.2, -0.15) is 0 Å². The molecule has 1 atom stereocenters. The summed E-state index contributed by atoms with van der Waals surface area (Å²) in [5.41, 5.74) is 2.23. The van der Waals surface area contributed by atoms with E-state index in [-0.39, 0.29) is 17.9 Å². The second kappa shape index (κ2) is 6.16. The van der Waals surface area contributed by atoms with Gasteiger partial charge in [-0.1, -0.05) is 35.9 Å². The molecule has 0 heterocycles. The van der Waals surface area contributed by atoms with E-state index in [2.05, 4.69) is 0 Å². The molecule has 0 aliphatic rings. The maximum Gasteiger partial charge on any atom is 0.129 e. The van der Waals surface area contributed by atoms with Crippen LogP contribution in [0.3, 0.4) is 0 Å². The number of halogens is 3. The average Bonchev–Trinajstić information content (AvgIpc) is 2.38. The Morgan fingerprint density at radius 2 is 1.68 bits per heavy atom. The summed E-state index contributed by atoms with van der Waals surface area (Å²) in [6, 6.07) is 11.8. The summed E-state index contributed by atoms with van der Waals surface area (Å²) in [7, 11) is 0. The van der Waals surface area contributed by atoms with E-state index in [1.807, 2.05) is 31.2 Å². The van der Waals surface area contributed by atoms with Gasteiger partial charge in [0.05, 0.1) is 0 Å². The number of aryl methyl sites for hydroxylation is 1. The Kier molecular flexibility index (Phi) is 4.54. The van der Waals surface area contributed by atoms with Gasteiger partial charge in [-0.3, -0.25) is 0 Å². The summed E-state index contributed by atoms with van der Waals surface area (Å²) in [6.07, 6.45) is 0.269. The van der Waals surface area contributed by atoms with Crippen LogP contribution in [-0.2, 0) is 6.42 Å². The number of hydrogen-bond donors (Lipinski definition) is 0. The van der Waals surface area contributed by atoms with Crippen molar-refractivity contribution in [1.29, 1.82) is 0 Å². The zero-order valence-corrected chi connectivity index (χ0v) is 11.4. The molecular formula is C16H15ClF2. The highest BCUT2D eigenvalue weighted by Crippen LogP contribution is 2.25. The van der Waals surface area contributed by atoms with Crippen LogP contribution in [0.15, 0.2) is 42.5 Å². The highest BCUT2D eigenvalue weighted by Gasteiger charge is 2.16. The average molecular weight is 281 g/mol. The van der Waals surface area contributed by atoms with Gasteiger partial charge in [0.1, 0.15) is 11.6 Å². The molecule has 1 unspecified atom stereocenters. The largest absolute Gasteiger partial charge is 0.207 e. The fourth-order valence-electron chi connectivity index (χ4n) is 2.16. The van der Waals surface area contributed by atoms with Crippen LogP contribution in [0.2, 0.25) is 0 Å². The summed E-state index contributed by atoms with van der Waals surface area (Å²) < 4.78 is 27.3. The van der Waals surface area contributed by atoms with E-state index in [1.165, 1.54) is 18.2 Å². The van der Waals surface area contributed by atoms with Crippen molar-refractivity contribution in [3.8, 4) is 0 Å². The van der Waals surface area contributed by atoms with E-state index >= 15 is 0 Å². The molecule has 0 amide bonds. The smallest absolute Gasteiger partial charge is 0.129 e. The zero-order valence-electron chi connectivity index (χ0n) is 10.7. The number of alkyl halides is 1. The van der Waals surface area contributed by atoms with Crippen molar-refractivity contribution in [2.75, 3.05) is 5.88 Å². The van der Waals surface area contributed by atoms with Gasteiger partial charge >= 0.3 is 0 Å². The van der Waals surface area contributed by atoms with Gasteiger partial charge in [-0.15, -0.1) is 11.6 Å². The number of rotatable bonds is 4. The highest BCUT2D eigenvalue weighted by atomic mass is 35.5. The SMILES string of the molecule is Cc1cccc(C(CCl)Cc2c(F)cccc2F)c1. The third-order valence-corrected chi connectivity index (χ3v) is 3.58. The molecule has 2 rings (SSSR count). The van der Waals surface area contributed by atoms with Crippen molar-refractivity contribution in [2.45, 2.75) is 19.3 Å². The van der Waals surface area contributed by atoms with Crippen molar-refractivity contribution >= 4 is 11.6 Å². The van der Waals surface area contributed by atoms with E-state index in [1.54, 1.807) is 0 Å². The minimum absolute atomic E-state index is 0.0898. The first-order valence-electron chi connectivity index (χ1n) is 6.17. The first-order valence-corrected chi connectivity index (χ1v) is 6.70. The number of hydrogen-bond acceptors (Lipinski definition) is 0. The molecule has 0 aliphatic carbocycles. The topological polar surface area (TPSA) is 0 Å². The van der Waals surface area contributed by atoms with Crippen LogP contribution >= 0.6 is 11.6 Å². The van der Waals surface area contributed by atoms with Crippen LogP contribution in [0, 0.1) is 18.6 Å². The van der Waals surface area contributed by atoms with E-state index in [9.17, 15) is 8.78 Å². The standard InChI is InChI=1S/C16H15ClF2/c1-11-4-2-5-12(8-11)13(10-17)9-14-15(18)6-3-7-16(14)19/h2-8,13H,9-10H2,1H3. The molecule has 0 N–H and O–H groups in total. The van der Waals surface area contributed by atoms with Gasteiger partial charge < -0.3 is 0 Å². The molecule has 2 aromatic rings. The molecule has 3 heteroatoms. The molecule has 19 heavy (non-hydrogen) atoms. The summed E-state index contributed by atoms with van der Waals surface area (Å²) in [6.45, 7) is 1.98. The first kappa shape index (κ1) is 14.0. The van der Waals surface area contributed by atoms with E-state index < -0.39 is 11.6 Å². The maximum absolute atomic E-state index is 13.7. The lowest BCUT2D eigenvalue weighted by Gasteiger charge is -2.16. The van der Waals surface area contributed by atoms with E-state index in [0.717, 1.165) is 11.1 Å². The minimum atomic E-state index is -0.511. The summed E-state index contributed by atoms with van der Waals surface area (Å²) in [4.78, 5) is 0. The van der Waals surface area contributed by atoms with E-state index in [4.69, 9.17) is 11.6 Å². The van der Waals surface area contributed by atoms with Crippen molar-refractivity contribution in [3.05, 3.63) is 70.8 Å². The second-order valence-electron chi connectivity index (χ2n) is 4.67. The van der Waals surface area contributed by atoms with Crippen LogP contribution in [-0.4, -0.2) is 5.88 Å². The molecule has 0 saturated heterocycles. The van der Waals surface area contributed by atoms with Gasteiger partial charge in [0.15, 0.2) is 0 Å². The molecule has 0 aromatic heterocycles. The third kappa shape index (κ3) is 3.32. The molecule has 0 bridgehead atoms. The molecule has 0 saturated carbocycles. The monoisotopic (exact) mass is 280 g/mol. The van der Waals surface area contributed by atoms with Crippen LogP contribution in [0.5, 0.6) is 0 Å². The lowest BCUT2D eigenvalue weighted by Crippen LogP contribution is -2.08. The van der Waals surface area contributed by atoms with E-state index in [0.29, 0.717) is 5.88 Å². The van der Waals surface area contributed by atoms with Crippen LogP contribution in [0.1, 0.15) is 22.6 Å². The normalized spacial score (nSPS) is 12.4.